The van der Waals surface area contributed by atoms with Crippen LogP contribution in [-0.4, -0.2) is 72.9 Å². The van der Waals surface area contributed by atoms with E-state index in [2.05, 4.69) is 15.0 Å². The molecule has 11 heteroatoms. The minimum atomic E-state index is -1.07. The molecule has 2 aliphatic rings. The summed E-state index contributed by atoms with van der Waals surface area (Å²) >= 11 is 0. The van der Waals surface area contributed by atoms with Crippen molar-refractivity contribution in [1.82, 2.24) is 24.4 Å². The lowest BCUT2D eigenvalue weighted by Crippen LogP contribution is -2.58. The van der Waals surface area contributed by atoms with Crippen molar-refractivity contribution in [2.75, 3.05) is 37.7 Å². The molecule has 2 atom stereocenters. The molecule has 0 radical (unpaired) electrons. The maximum absolute atomic E-state index is 12.1. The maximum Gasteiger partial charge on any atom is 0.224 e. The van der Waals surface area contributed by atoms with E-state index >= 15 is 0 Å². The Kier molecular flexibility index (Phi) is 4.83. The molecule has 2 aromatic rings. The van der Waals surface area contributed by atoms with E-state index in [1.165, 1.54) is 0 Å². The van der Waals surface area contributed by atoms with Gasteiger partial charge in [0.15, 0.2) is 11.5 Å². The molecular weight excluding hydrogens is 376 g/mol. The number of hydrogen-bond donors (Lipinski definition) is 4. The van der Waals surface area contributed by atoms with Gasteiger partial charge in [0.25, 0.3) is 0 Å². The standard InChI is InChI=1S/C18H28N8O3/c1-17(28)9-18(3-6-25(7-4-18)12(27)2-5-19)29-8-11(17)26-10-22-13-14(20)23-16(21)24-15(13)26/h10-11,28H,2-9,19H2,1H3,(H4,20,21,23,24)/t11-,17-/m1/s1. The molecule has 2 fully saturated rings. The van der Waals surface area contributed by atoms with Crippen LogP contribution in [0.4, 0.5) is 11.8 Å². The minimum absolute atomic E-state index is 0.0547. The van der Waals surface area contributed by atoms with Gasteiger partial charge in [-0.15, -0.1) is 0 Å². The summed E-state index contributed by atoms with van der Waals surface area (Å²) in [4.78, 5) is 26.4. The van der Waals surface area contributed by atoms with Crippen LogP contribution >= 0.6 is 0 Å². The number of rotatable bonds is 3. The summed E-state index contributed by atoms with van der Waals surface area (Å²) in [6, 6.07) is -0.399. The second-order valence-electron chi connectivity index (χ2n) is 8.25. The summed E-state index contributed by atoms with van der Waals surface area (Å²) in [7, 11) is 0. The van der Waals surface area contributed by atoms with Gasteiger partial charge in [-0.2, -0.15) is 9.97 Å². The number of piperidine rings is 1. The van der Waals surface area contributed by atoms with Gasteiger partial charge < -0.3 is 36.5 Å². The Bertz CT molecular complexity index is 919. The molecule has 0 bridgehead atoms. The van der Waals surface area contributed by atoms with Gasteiger partial charge in [0.2, 0.25) is 11.9 Å². The smallest absolute Gasteiger partial charge is 0.224 e. The maximum atomic E-state index is 12.1. The Morgan fingerprint density at radius 3 is 2.72 bits per heavy atom. The lowest BCUT2D eigenvalue weighted by molar-refractivity contribution is -0.196. The zero-order valence-corrected chi connectivity index (χ0v) is 16.5. The van der Waals surface area contributed by atoms with Crippen molar-refractivity contribution in [3.05, 3.63) is 6.33 Å². The summed E-state index contributed by atoms with van der Waals surface area (Å²) in [6.07, 6.45) is 3.75. The molecule has 0 unspecified atom stereocenters. The average Bonchev–Trinajstić information content (AvgIpc) is 3.05. The Hall–Kier alpha value is -2.50. The van der Waals surface area contributed by atoms with Crippen molar-refractivity contribution >= 4 is 28.8 Å². The number of imidazole rings is 1. The fourth-order valence-electron chi connectivity index (χ4n) is 4.59. The molecule has 2 aromatic heterocycles. The molecule has 7 N–H and O–H groups in total. The normalized spacial score (nSPS) is 26.9. The van der Waals surface area contributed by atoms with Crippen LogP contribution in [0.3, 0.4) is 0 Å². The zero-order valence-electron chi connectivity index (χ0n) is 16.5. The van der Waals surface area contributed by atoms with E-state index in [0.29, 0.717) is 63.1 Å². The van der Waals surface area contributed by atoms with Crippen LogP contribution in [0.25, 0.3) is 11.2 Å². The van der Waals surface area contributed by atoms with Crippen LogP contribution in [0.15, 0.2) is 6.33 Å². The predicted octanol–water partition coefficient (Wildman–Crippen LogP) is -0.587. The number of ether oxygens (including phenoxy) is 1. The molecule has 11 nitrogen and oxygen atoms in total. The van der Waals surface area contributed by atoms with E-state index in [0.717, 1.165) is 0 Å². The lowest BCUT2D eigenvalue weighted by atomic mass is 9.75. The number of nitrogens with two attached hydrogens (primary N) is 3. The molecule has 29 heavy (non-hydrogen) atoms. The first-order valence-corrected chi connectivity index (χ1v) is 9.84. The molecule has 2 saturated heterocycles. The molecule has 4 rings (SSSR count). The van der Waals surface area contributed by atoms with Crippen molar-refractivity contribution in [3.8, 4) is 0 Å². The van der Waals surface area contributed by atoms with Crippen LogP contribution in [0.5, 0.6) is 0 Å². The number of aliphatic hydroxyl groups is 1. The number of nitrogen functional groups attached to an aromatic ring is 2. The third-order valence-electron chi connectivity index (χ3n) is 6.13. The van der Waals surface area contributed by atoms with Gasteiger partial charge in [0, 0.05) is 32.5 Å². The Morgan fingerprint density at radius 2 is 2.07 bits per heavy atom. The van der Waals surface area contributed by atoms with Gasteiger partial charge in [-0.3, -0.25) is 4.79 Å². The number of nitrogens with zero attached hydrogens (tertiary/aromatic N) is 5. The van der Waals surface area contributed by atoms with Gasteiger partial charge >= 0.3 is 0 Å². The molecule has 2 aliphatic heterocycles. The first kappa shape index (κ1) is 19.8. The Balaban J connectivity index is 1.53. The molecule has 0 saturated carbocycles. The topological polar surface area (TPSA) is 171 Å². The van der Waals surface area contributed by atoms with E-state index in [-0.39, 0.29) is 17.7 Å². The van der Waals surface area contributed by atoms with Crippen molar-refractivity contribution in [3.63, 3.8) is 0 Å². The van der Waals surface area contributed by atoms with E-state index in [9.17, 15) is 9.90 Å². The molecule has 0 aromatic carbocycles. The van der Waals surface area contributed by atoms with Crippen molar-refractivity contribution in [2.24, 2.45) is 5.73 Å². The van der Waals surface area contributed by atoms with Crippen LogP contribution in [0, 0.1) is 0 Å². The van der Waals surface area contributed by atoms with Gasteiger partial charge in [0.1, 0.15) is 5.52 Å². The van der Waals surface area contributed by atoms with E-state index in [4.69, 9.17) is 21.9 Å². The highest BCUT2D eigenvalue weighted by molar-refractivity contribution is 5.82. The fraction of sp³-hybridized carbons (Fsp3) is 0.667. The van der Waals surface area contributed by atoms with Gasteiger partial charge in [-0.1, -0.05) is 0 Å². The number of aromatic nitrogens is 4. The van der Waals surface area contributed by atoms with Crippen LogP contribution in [0.2, 0.25) is 0 Å². The molecule has 4 heterocycles. The summed E-state index contributed by atoms with van der Waals surface area (Å²) in [5, 5.41) is 11.3. The van der Waals surface area contributed by atoms with Crippen molar-refractivity contribution in [2.45, 2.75) is 49.9 Å². The largest absolute Gasteiger partial charge is 0.388 e. The number of anilines is 2. The van der Waals surface area contributed by atoms with Crippen molar-refractivity contribution in [1.29, 1.82) is 0 Å². The number of fused-ring (bicyclic) bond motifs is 1. The molecule has 158 valence electrons. The van der Waals surface area contributed by atoms with E-state index in [1.807, 2.05) is 4.90 Å². The van der Waals surface area contributed by atoms with Crippen LogP contribution in [0.1, 0.15) is 38.6 Å². The lowest BCUT2D eigenvalue weighted by Gasteiger charge is -2.51. The predicted molar refractivity (Wildman–Crippen MR) is 107 cm³/mol. The quantitative estimate of drug-likeness (QED) is 0.522. The van der Waals surface area contributed by atoms with Gasteiger partial charge in [-0.25, -0.2) is 4.98 Å². The summed E-state index contributed by atoms with van der Waals surface area (Å²) in [5.41, 5.74) is 16.5. The number of carbonyl (C=O) groups excluding carboxylic acids is 1. The SMILES string of the molecule is C[C@@]1(O)CC2(CCN(C(=O)CCN)CC2)OC[C@H]1n1cnc2c(N)nc(N)nc21. The van der Waals surface area contributed by atoms with E-state index < -0.39 is 17.2 Å². The monoisotopic (exact) mass is 404 g/mol. The first-order valence-electron chi connectivity index (χ1n) is 9.84. The minimum Gasteiger partial charge on any atom is -0.388 e. The highest BCUT2D eigenvalue weighted by Gasteiger charge is 2.50. The van der Waals surface area contributed by atoms with Crippen LogP contribution in [-0.2, 0) is 9.53 Å². The van der Waals surface area contributed by atoms with E-state index in [1.54, 1.807) is 17.8 Å². The molecule has 1 amide bonds. The third-order valence-corrected chi connectivity index (χ3v) is 6.13. The second-order valence-corrected chi connectivity index (χ2v) is 8.25. The molecule has 1 spiro atoms. The third kappa shape index (κ3) is 3.49. The number of carbonyl (C=O) groups is 1. The zero-order chi connectivity index (χ0) is 20.8. The molecular formula is C18H28N8O3. The van der Waals surface area contributed by atoms with Crippen LogP contribution < -0.4 is 17.2 Å². The second kappa shape index (κ2) is 7.08. The number of hydrogen-bond acceptors (Lipinski definition) is 9. The Morgan fingerprint density at radius 1 is 1.34 bits per heavy atom. The number of amides is 1. The van der Waals surface area contributed by atoms with Gasteiger partial charge in [0.05, 0.1) is 30.2 Å². The summed E-state index contributed by atoms with van der Waals surface area (Å²) in [6.45, 7) is 3.65. The summed E-state index contributed by atoms with van der Waals surface area (Å²) in [5.74, 6) is 0.329. The van der Waals surface area contributed by atoms with Crippen molar-refractivity contribution < 1.29 is 14.6 Å². The highest BCUT2D eigenvalue weighted by atomic mass is 16.5. The first-order chi connectivity index (χ1) is 13.7. The number of likely N-dealkylation sites (tertiary alicyclic amines) is 1. The fourth-order valence-corrected chi connectivity index (χ4v) is 4.59. The Labute approximate surface area is 168 Å². The molecule has 0 aliphatic carbocycles. The highest BCUT2D eigenvalue weighted by Crippen LogP contribution is 2.44. The summed E-state index contributed by atoms with van der Waals surface area (Å²) < 4.78 is 8.06. The van der Waals surface area contributed by atoms with Gasteiger partial charge in [-0.05, 0) is 19.8 Å². The average molecular weight is 404 g/mol.